The topological polar surface area (TPSA) is 96.4 Å². The molecule has 0 spiro atoms. The molecule has 2 saturated heterocycles. The first-order valence-corrected chi connectivity index (χ1v) is 14.8. The van der Waals surface area contributed by atoms with E-state index in [1.165, 1.54) is 0 Å². The van der Waals surface area contributed by atoms with E-state index in [-0.39, 0.29) is 24.6 Å². The summed E-state index contributed by atoms with van der Waals surface area (Å²) in [5, 5.41) is 5.41. The van der Waals surface area contributed by atoms with Gasteiger partial charge in [0.05, 0.1) is 12.6 Å². The third-order valence-corrected chi connectivity index (χ3v) is 8.59. The molecule has 0 aliphatic carbocycles. The molecule has 0 radical (unpaired) electrons. The van der Waals surface area contributed by atoms with E-state index >= 15 is 0 Å². The Labute approximate surface area is 225 Å². The number of hydrogen-bond acceptors (Lipinski definition) is 9. The molecule has 5 rings (SSSR count). The van der Waals surface area contributed by atoms with Crippen molar-refractivity contribution >= 4 is 45.0 Å². The number of pyridine rings is 2. The molecule has 2 aliphatic rings. The predicted molar refractivity (Wildman–Crippen MR) is 151 cm³/mol. The zero-order valence-corrected chi connectivity index (χ0v) is 23.4. The Morgan fingerprint density at radius 1 is 1.18 bits per heavy atom. The maximum Gasteiger partial charge on any atom is 0.227 e. The zero-order valence-electron chi connectivity index (χ0n) is 22.6. The van der Waals surface area contributed by atoms with E-state index in [1.54, 1.807) is 25.6 Å². The molecule has 0 amide bonds. The van der Waals surface area contributed by atoms with E-state index in [1.807, 2.05) is 23.4 Å². The van der Waals surface area contributed by atoms with Crippen molar-refractivity contribution < 1.29 is 13.3 Å². The van der Waals surface area contributed by atoms with Gasteiger partial charge >= 0.3 is 0 Å². The van der Waals surface area contributed by atoms with E-state index in [9.17, 15) is 8.60 Å². The van der Waals surface area contributed by atoms with E-state index in [2.05, 4.69) is 41.0 Å². The van der Waals surface area contributed by atoms with Gasteiger partial charge < -0.3 is 19.9 Å². The summed E-state index contributed by atoms with van der Waals surface area (Å²) in [5.41, 5.74) is 1.15. The fraction of sp³-hybridized carbons (Fsp3) is 0.556. The quantitative estimate of drug-likeness (QED) is 0.453. The van der Waals surface area contributed by atoms with Crippen LogP contribution in [-0.4, -0.2) is 81.2 Å². The number of methoxy groups -OCH3 is 1. The normalized spacial score (nSPS) is 24.5. The number of fused-ring (bicyclic) bond motifs is 1. The Bertz CT molecular complexity index is 1330. The fourth-order valence-electron chi connectivity index (χ4n) is 5.39. The van der Waals surface area contributed by atoms with Crippen LogP contribution < -0.4 is 15.1 Å². The lowest BCUT2D eigenvalue weighted by Gasteiger charge is -2.47. The molecule has 3 unspecified atom stereocenters. The second-order valence-electron chi connectivity index (χ2n) is 10.6. The van der Waals surface area contributed by atoms with Gasteiger partial charge in [-0.05, 0) is 42.3 Å². The number of ether oxygens (including phenoxy) is 1. The van der Waals surface area contributed by atoms with Gasteiger partial charge in [-0.15, -0.1) is 0 Å². The van der Waals surface area contributed by atoms with Gasteiger partial charge in [-0.25, -0.2) is 19.3 Å². The summed E-state index contributed by atoms with van der Waals surface area (Å²) in [6.07, 6.45) is 6.39. The van der Waals surface area contributed by atoms with Crippen LogP contribution in [0.1, 0.15) is 38.7 Å². The lowest BCUT2D eigenvalue weighted by molar-refractivity contribution is 0.0194. The van der Waals surface area contributed by atoms with Crippen LogP contribution >= 0.6 is 0 Å². The van der Waals surface area contributed by atoms with Crippen molar-refractivity contribution in [2.75, 3.05) is 53.9 Å². The minimum Gasteiger partial charge on any atom is -0.378 e. The van der Waals surface area contributed by atoms with Crippen molar-refractivity contribution in [1.82, 2.24) is 19.9 Å². The van der Waals surface area contributed by atoms with Crippen molar-refractivity contribution in [2.24, 2.45) is 5.92 Å². The highest BCUT2D eigenvalue weighted by atomic mass is 32.2. The molecular formula is C27H36FN7O2S. The number of rotatable bonds is 8. The zero-order chi connectivity index (χ0) is 27.0. The smallest absolute Gasteiger partial charge is 0.227 e. The van der Waals surface area contributed by atoms with Crippen molar-refractivity contribution in [1.29, 1.82) is 0 Å². The molecule has 9 nitrogen and oxygen atoms in total. The van der Waals surface area contributed by atoms with E-state index in [4.69, 9.17) is 14.7 Å². The number of anilines is 4. The third kappa shape index (κ3) is 5.31. The molecule has 1 N–H and O–H groups in total. The van der Waals surface area contributed by atoms with Crippen LogP contribution in [0.4, 0.5) is 27.8 Å². The van der Waals surface area contributed by atoms with Gasteiger partial charge in [-0.3, -0.25) is 4.21 Å². The van der Waals surface area contributed by atoms with E-state index in [0.717, 1.165) is 28.7 Å². The minimum absolute atomic E-state index is 0.202. The lowest BCUT2D eigenvalue weighted by atomic mass is 9.90. The summed E-state index contributed by atoms with van der Waals surface area (Å²) < 4.78 is 31.4. The second-order valence-corrected chi connectivity index (χ2v) is 12.1. The lowest BCUT2D eigenvalue weighted by Crippen LogP contribution is -2.57. The fourth-order valence-corrected chi connectivity index (χ4v) is 6.38. The summed E-state index contributed by atoms with van der Waals surface area (Å²) in [7, 11) is 0.738. The standard InChI is InChI=1S/C27H36FN7O2S/c1-16(2)20-11-31-26(35-13-18(17(35)3)15-38(5)36)21-12-30-25(10-19(20)21)32-24-6-8-29-27(33-24)34-9-7-23(37-4)22(28)14-34/h6,8,10-12,16-18,22-23H,7,9,13-15H2,1-5H3,(H,29,30,32,33)/t17-,18-,22?,23?,38?/m1/s1. The van der Waals surface area contributed by atoms with Gasteiger partial charge in [0.15, 0.2) is 0 Å². The molecule has 0 saturated carbocycles. The van der Waals surface area contributed by atoms with Crippen LogP contribution in [-0.2, 0) is 15.5 Å². The number of nitrogens with zero attached hydrogens (tertiary/aromatic N) is 6. The van der Waals surface area contributed by atoms with Crippen LogP contribution in [0.15, 0.2) is 30.7 Å². The Kier molecular flexibility index (Phi) is 7.76. The molecule has 5 atom stereocenters. The first-order chi connectivity index (χ1) is 18.2. The summed E-state index contributed by atoms with van der Waals surface area (Å²) in [6, 6.07) is 4.10. The predicted octanol–water partition coefficient (Wildman–Crippen LogP) is 4.05. The molecule has 0 aromatic carbocycles. The molecule has 3 aromatic heterocycles. The highest BCUT2D eigenvalue weighted by molar-refractivity contribution is 7.84. The largest absolute Gasteiger partial charge is 0.378 e. The highest BCUT2D eigenvalue weighted by Crippen LogP contribution is 2.38. The minimum atomic E-state index is -1.08. The van der Waals surface area contributed by atoms with Gasteiger partial charge in [0, 0.05) is 78.9 Å². The third-order valence-electron chi connectivity index (χ3n) is 7.70. The van der Waals surface area contributed by atoms with E-state index in [0.29, 0.717) is 42.2 Å². The Morgan fingerprint density at radius 2 is 2.00 bits per heavy atom. The van der Waals surface area contributed by atoms with Gasteiger partial charge in [-0.2, -0.15) is 4.98 Å². The summed E-state index contributed by atoms with van der Waals surface area (Å²) in [4.78, 5) is 22.7. The summed E-state index contributed by atoms with van der Waals surface area (Å²) in [5.74, 6) is 4.06. The van der Waals surface area contributed by atoms with Gasteiger partial charge in [0.25, 0.3) is 0 Å². The van der Waals surface area contributed by atoms with Gasteiger partial charge in [0.2, 0.25) is 5.95 Å². The first-order valence-electron chi connectivity index (χ1n) is 13.1. The van der Waals surface area contributed by atoms with Crippen LogP contribution in [0, 0.1) is 5.92 Å². The molecule has 204 valence electrons. The number of hydrogen-bond donors (Lipinski definition) is 1. The van der Waals surface area contributed by atoms with E-state index < -0.39 is 17.0 Å². The summed E-state index contributed by atoms with van der Waals surface area (Å²) >= 11 is 0. The van der Waals surface area contributed by atoms with Crippen LogP contribution in [0.3, 0.4) is 0 Å². The molecule has 0 bridgehead atoms. The number of halogens is 1. The van der Waals surface area contributed by atoms with Crippen molar-refractivity contribution in [3.05, 3.63) is 36.3 Å². The number of nitrogens with one attached hydrogen (secondary N) is 1. The second kappa shape index (κ2) is 11.1. The Hall–Kier alpha value is -2.92. The molecule has 11 heteroatoms. The average molecular weight is 542 g/mol. The molecule has 2 fully saturated rings. The van der Waals surface area contributed by atoms with Crippen molar-refractivity contribution in [3.8, 4) is 0 Å². The van der Waals surface area contributed by atoms with Crippen LogP contribution in [0.2, 0.25) is 0 Å². The average Bonchev–Trinajstić information content (AvgIpc) is 2.90. The Balaban J connectivity index is 1.40. The first kappa shape index (κ1) is 26.7. The summed E-state index contributed by atoms with van der Waals surface area (Å²) in [6.45, 7) is 8.16. The van der Waals surface area contributed by atoms with Gasteiger partial charge in [-0.1, -0.05) is 13.8 Å². The van der Waals surface area contributed by atoms with Crippen LogP contribution in [0.5, 0.6) is 0 Å². The van der Waals surface area contributed by atoms with Gasteiger partial charge in [0.1, 0.15) is 23.6 Å². The van der Waals surface area contributed by atoms with Crippen LogP contribution in [0.25, 0.3) is 10.8 Å². The van der Waals surface area contributed by atoms with Crippen molar-refractivity contribution in [3.63, 3.8) is 0 Å². The molecular weight excluding hydrogens is 505 g/mol. The highest BCUT2D eigenvalue weighted by Gasteiger charge is 2.37. The SMILES string of the molecule is COC1CCN(c2nccc(Nc3cc4c(C(C)C)cnc(N5C[C@H](CS(C)=O)[C@H]5C)c4cn3)n2)CC1F. The number of alkyl halides is 1. The molecule has 38 heavy (non-hydrogen) atoms. The monoisotopic (exact) mass is 541 g/mol. The maximum absolute atomic E-state index is 14.4. The van der Waals surface area contributed by atoms with Crippen molar-refractivity contribution in [2.45, 2.75) is 51.4 Å². The number of piperidine rings is 1. The molecule has 5 heterocycles. The maximum atomic E-state index is 14.4. The molecule has 3 aromatic rings. The number of aromatic nitrogens is 4. The molecule has 2 aliphatic heterocycles. The Morgan fingerprint density at radius 3 is 2.68 bits per heavy atom.